The van der Waals surface area contributed by atoms with Crippen LogP contribution in [-0.2, 0) is 5.41 Å². The summed E-state index contributed by atoms with van der Waals surface area (Å²) in [5.41, 5.74) is 3.45. The van der Waals surface area contributed by atoms with Crippen molar-refractivity contribution in [3.8, 4) is 6.07 Å². The fourth-order valence-corrected chi connectivity index (χ4v) is 2.58. The summed E-state index contributed by atoms with van der Waals surface area (Å²) >= 11 is 0. The van der Waals surface area contributed by atoms with Gasteiger partial charge in [0.25, 0.3) is 5.91 Å². The Hall–Kier alpha value is -3.72. The van der Waals surface area contributed by atoms with Gasteiger partial charge in [-0.2, -0.15) is 5.26 Å². The average molecular weight is 371 g/mol. The van der Waals surface area contributed by atoms with E-state index in [9.17, 15) is 4.79 Å². The molecule has 6 heteroatoms. The Morgan fingerprint density at radius 2 is 1.71 bits per heavy atom. The van der Waals surface area contributed by atoms with Crippen LogP contribution in [0.25, 0.3) is 0 Å². The summed E-state index contributed by atoms with van der Waals surface area (Å²) in [6.07, 6.45) is 0. The molecule has 3 rings (SSSR count). The van der Waals surface area contributed by atoms with Crippen LogP contribution in [0.4, 0.5) is 17.2 Å². The Labute approximate surface area is 164 Å². The van der Waals surface area contributed by atoms with E-state index in [0.717, 1.165) is 5.69 Å². The molecule has 1 amide bonds. The molecule has 0 aliphatic heterocycles. The predicted molar refractivity (Wildman–Crippen MR) is 110 cm³/mol. The highest BCUT2D eigenvalue weighted by Gasteiger charge is 2.14. The Balaban J connectivity index is 1.66. The molecule has 0 bridgehead atoms. The summed E-state index contributed by atoms with van der Waals surface area (Å²) in [6.45, 7) is 6.42. The number of anilines is 3. The third kappa shape index (κ3) is 4.71. The summed E-state index contributed by atoms with van der Waals surface area (Å²) < 4.78 is 0. The largest absolute Gasteiger partial charge is 0.339 e. The normalized spacial score (nSPS) is 10.8. The van der Waals surface area contributed by atoms with E-state index < -0.39 is 0 Å². The van der Waals surface area contributed by atoms with E-state index in [1.807, 2.05) is 30.3 Å². The first-order valence-corrected chi connectivity index (χ1v) is 8.88. The van der Waals surface area contributed by atoms with Crippen LogP contribution < -0.4 is 10.6 Å². The molecule has 0 unspecified atom stereocenters. The molecule has 6 nitrogen and oxygen atoms in total. The van der Waals surface area contributed by atoms with Gasteiger partial charge in [-0.15, -0.1) is 10.2 Å². The van der Waals surface area contributed by atoms with Crippen molar-refractivity contribution < 1.29 is 4.79 Å². The second-order valence-corrected chi connectivity index (χ2v) is 7.40. The number of aromatic nitrogens is 2. The quantitative estimate of drug-likeness (QED) is 0.697. The Morgan fingerprint density at radius 3 is 2.32 bits per heavy atom. The molecule has 0 saturated carbocycles. The summed E-state index contributed by atoms with van der Waals surface area (Å²) in [7, 11) is 0. The molecule has 2 N–H and O–H groups in total. The number of benzene rings is 2. The highest BCUT2D eigenvalue weighted by atomic mass is 16.1. The molecule has 0 aliphatic carbocycles. The number of nitrogens with one attached hydrogen (secondary N) is 2. The lowest BCUT2D eigenvalue weighted by atomic mass is 9.87. The zero-order valence-corrected chi connectivity index (χ0v) is 16.0. The van der Waals surface area contributed by atoms with Gasteiger partial charge in [0.2, 0.25) is 0 Å². The van der Waals surface area contributed by atoms with Crippen LogP contribution in [0.2, 0.25) is 0 Å². The van der Waals surface area contributed by atoms with Gasteiger partial charge in [-0.25, -0.2) is 0 Å². The SMILES string of the molecule is CC(C)(C)c1ccc(NC(=O)c2ccc(Nc3cccc(C#N)c3)nn2)cc1. The second kappa shape index (κ2) is 7.89. The Bertz CT molecular complexity index is 1010. The highest BCUT2D eigenvalue weighted by Crippen LogP contribution is 2.23. The van der Waals surface area contributed by atoms with Gasteiger partial charge in [0, 0.05) is 11.4 Å². The van der Waals surface area contributed by atoms with Gasteiger partial charge in [0.1, 0.15) is 0 Å². The molecule has 0 atom stereocenters. The van der Waals surface area contributed by atoms with Crippen LogP contribution in [0.5, 0.6) is 0 Å². The average Bonchev–Trinajstić information content (AvgIpc) is 2.68. The van der Waals surface area contributed by atoms with Crippen molar-refractivity contribution in [2.45, 2.75) is 26.2 Å². The van der Waals surface area contributed by atoms with Crippen LogP contribution in [0, 0.1) is 11.3 Å². The molecule has 140 valence electrons. The van der Waals surface area contributed by atoms with E-state index in [4.69, 9.17) is 5.26 Å². The third-order valence-corrected chi connectivity index (χ3v) is 4.17. The van der Waals surface area contributed by atoms with E-state index in [0.29, 0.717) is 17.1 Å². The fourth-order valence-electron chi connectivity index (χ4n) is 2.58. The number of carbonyl (C=O) groups is 1. The molecule has 0 spiro atoms. The molecule has 2 aromatic carbocycles. The topological polar surface area (TPSA) is 90.7 Å². The second-order valence-electron chi connectivity index (χ2n) is 7.40. The maximum atomic E-state index is 12.4. The lowest BCUT2D eigenvalue weighted by molar-refractivity contribution is 0.102. The maximum Gasteiger partial charge on any atom is 0.276 e. The first kappa shape index (κ1) is 19.1. The number of nitrogens with zero attached hydrogens (tertiary/aromatic N) is 3. The van der Waals surface area contributed by atoms with Crippen LogP contribution in [0.15, 0.2) is 60.7 Å². The van der Waals surface area contributed by atoms with Gasteiger partial charge in [0.15, 0.2) is 11.5 Å². The van der Waals surface area contributed by atoms with Gasteiger partial charge in [-0.3, -0.25) is 4.79 Å². The Morgan fingerprint density at radius 1 is 0.964 bits per heavy atom. The van der Waals surface area contributed by atoms with Gasteiger partial charge >= 0.3 is 0 Å². The van der Waals surface area contributed by atoms with Crippen LogP contribution in [-0.4, -0.2) is 16.1 Å². The van der Waals surface area contributed by atoms with E-state index in [1.54, 1.807) is 30.3 Å². The minimum absolute atomic E-state index is 0.0591. The fraction of sp³-hybridized carbons (Fsp3) is 0.182. The van der Waals surface area contributed by atoms with Crippen molar-refractivity contribution in [1.82, 2.24) is 10.2 Å². The van der Waals surface area contributed by atoms with Crippen LogP contribution in [0.3, 0.4) is 0 Å². The number of hydrogen-bond donors (Lipinski definition) is 2. The van der Waals surface area contributed by atoms with Crippen LogP contribution >= 0.6 is 0 Å². The smallest absolute Gasteiger partial charge is 0.276 e. The maximum absolute atomic E-state index is 12.4. The molecule has 1 heterocycles. The molecule has 0 radical (unpaired) electrons. The minimum Gasteiger partial charge on any atom is -0.339 e. The molecular weight excluding hydrogens is 350 g/mol. The molecule has 0 aliphatic rings. The predicted octanol–water partition coefficient (Wildman–Crippen LogP) is 4.64. The van der Waals surface area contributed by atoms with Crippen molar-refractivity contribution >= 4 is 23.1 Å². The molecule has 3 aromatic rings. The number of rotatable bonds is 4. The highest BCUT2D eigenvalue weighted by molar-refractivity contribution is 6.02. The standard InChI is InChI=1S/C22H21N5O/c1-22(2,3)16-7-9-17(10-8-16)25-21(28)19-11-12-20(27-26-19)24-18-6-4-5-15(13-18)14-23/h4-13H,1-3H3,(H,24,27)(H,25,28). The number of carbonyl (C=O) groups excluding carboxylic acids is 1. The number of nitriles is 1. The van der Waals surface area contributed by atoms with Crippen molar-refractivity contribution in [2.75, 3.05) is 10.6 Å². The van der Waals surface area contributed by atoms with E-state index in [2.05, 4.69) is 47.7 Å². The summed E-state index contributed by atoms with van der Waals surface area (Å²) in [4.78, 5) is 12.4. The number of amides is 1. The van der Waals surface area contributed by atoms with E-state index in [-0.39, 0.29) is 17.0 Å². The summed E-state index contributed by atoms with van der Waals surface area (Å²) in [5, 5.41) is 22.8. The molecule has 0 fully saturated rings. The first-order chi connectivity index (χ1) is 13.3. The third-order valence-electron chi connectivity index (χ3n) is 4.17. The summed E-state index contributed by atoms with van der Waals surface area (Å²) in [5.74, 6) is 0.162. The van der Waals surface area contributed by atoms with Crippen molar-refractivity contribution in [2.24, 2.45) is 0 Å². The van der Waals surface area contributed by atoms with Crippen LogP contribution in [0.1, 0.15) is 42.4 Å². The monoisotopic (exact) mass is 371 g/mol. The lowest BCUT2D eigenvalue weighted by Gasteiger charge is -2.19. The van der Waals surface area contributed by atoms with Gasteiger partial charge in [0.05, 0.1) is 11.6 Å². The molecule has 0 saturated heterocycles. The van der Waals surface area contributed by atoms with Crippen molar-refractivity contribution in [3.63, 3.8) is 0 Å². The van der Waals surface area contributed by atoms with Gasteiger partial charge in [-0.05, 0) is 53.4 Å². The minimum atomic E-state index is -0.325. The lowest BCUT2D eigenvalue weighted by Crippen LogP contribution is -2.15. The molecule has 1 aromatic heterocycles. The van der Waals surface area contributed by atoms with Crippen molar-refractivity contribution in [3.05, 3.63) is 77.5 Å². The van der Waals surface area contributed by atoms with E-state index in [1.165, 1.54) is 5.56 Å². The Kier molecular flexibility index (Phi) is 5.37. The molecular formula is C22H21N5O. The van der Waals surface area contributed by atoms with Gasteiger partial charge < -0.3 is 10.6 Å². The zero-order valence-electron chi connectivity index (χ0n) is 16.0. The van der Waals surface area contributed by atoms with E-state index >= 15 is 0 Å². The first-order valence-electron chi connectivity index (χ1n) is 8.88. The number of hydrogen-bond acceptors (Lipinski definition) is 5. The zero-order chi connectivity index (χ0) is 20.1. The van der Waals surface area contributed by atoms with Gasteiger partial charge in [-0.1, -0.05) is 39.0 Å². The molecule has 28 heavy (non-hydrogen) atoms. The summed E-state index contributed by atoms with van der Waals surface area (Å²) in [6, 6.07) is 20.2. The van der Waals surface area contributed by atoms with Crippen molar-refractivity contribution in [1.29, 1.82) is 5.26 Å².